The van der Waals surface area contributed by atoms with E-state index in [-0.39, 0.29) is 0 Å². The predicted molar refractivity (Wildman–Crippen MR) is 110 cm³/mol. The van der Waals surface area contributed by atoms with E-state index in [1.165, 1.54) is 44.2 Å². The molecule has 0 bridgehead atoms. The number of fused-ring (bicyclic) bond motifs is 1. The van der Waals surface area contributed by atoms with Crippen LogP contribution in [-0.4, -0.2) is 11.1 Å². The first-order valence-corrected chi connectivity index (χ1v) is 8.82. The summed E-state index contributed by atoms with van der Waals surface area (Å²) in [6, 6.07) is 13.5. The molecule has 0 unspecified atom stereocenters. The summed E-state index contributed by atoms with van der Waals surface area (Å²) in [6.07, 6.45) is 2.12. The molecule has 3 rings (SSSR count). The number of carboxylic acids is 1. The van der Waals surface area contributed by atoms with Crippen LogP contribution in [0.1, 0.15) is 50.7 Å². The van der Waals surface area contributed by atoms with E-state index in [0.29, 0.717) is 5.56 Å². The van der Waals surface area contributed by atoms with Crippen molar-refractivity contribution in [2.24, 2.45) is 0 Å². The van der Waals surface area contributed by atoms with Gasteiger partial charge in [0.15, 0.2) is 0 Å². The van der Waals surface area contributed by atoms with Crippen LogP contribution in [0.15, 0.2) is 42.5 Å². The maximum Gasteiger partial charge on any atom is 0.335 e. The van der Waals surface area contributed by atoms with Crippen LogP contribution in [0.2, 0.25) is 0 Å². The van der Waals surface area contributed by atoms with Gasteiger partial charge in [-0.25, -0.2) is 4.79 Å². The van der Waals surface area contributed by atoms with E-state index in [9.17, 15) is 4.79 Å². The molecule has 0 aliphatic rings. The number of carbonyl (C=O) groups is 1. The normalized spacial score (nSPS) is 11.8. The van der Waals surface area contributed by atoms with Crippen molar-refractivity contribution in [2.45, 2.75) is 34.6 Å². The van der Waals surface area contributed by atoms with Gasteiger partial charge in [-0.05, 0) is 96.5 Å². The molecule has 0 atom stereocenters. The average Bonchev–Trinajstić information content (AvgIpc) is 2.64. The first-order valence-electron chi connectivity index (χ1n) is 8.82. The summed E-state index contributed by atoms with van der Waals surface area (Å²) in [4.78, 5) is 11.0. The highest BCUT2D eigenvalue weighted by molar-refractivity contribution is 6.01. The van der Waals surface area contributed by atoms with Crippen LogP contribution in [-0.2, 0) is 0 Å². The fourth-order valence-corrected chi connectivity index (χ4v) is 3.60. The van der Waals surface area contributed by atoms with Gasteiger partial charge in [0.1, 0.15) is 0 Å². The van der Waals surface area contributed by atoms with E-state index in [4.69, 9.17) is 5.11 Å². The van der Waals surface area contributed by atoms with Crippen LogP contribution in [0, 0.1) is 27.7 Å². The highest BCUT2D eigenvalue weighted by atomic mass is 16.4. The summed E-state index contributed by atoms with van der Waals surface area (Å²) in [5.74, 6) is -0.900. The second-order valence-electron chi connectivity index (χ2n) is 6.98. The Hall–Kier alpha value is -2.87. The maximum absolute atomic E-state index is 11.0. The van der Waals surface area contributed by atoms with Crippen LogP contribution < -0.4 is 0 Å². The first kappa shape index (κ1) is 17.9. The summed E-state index contributed by atoms with van der Waals surface area (Å²) in [5, 5.41) is 11.7. The van der Waals surface area contributed by atoms with Gasteiger partial charge >= 0.3 is 5.97 Å². The Bertz CT molecular complexity index is 1040. The molecule has 132 valence electrons. The molecular weight excluding hydrogens is 320 g/mol. The first-order chi connectivity index (χ1) is 12.3. The summed E-state index contributed by atoms with van der Waals surface area (Å²) in [5.41, 5.74) is 9.08. The Kier molecular flexibility index (Phi) is 4.69. The number of aromatic carboxylic acids is 1. The minimum Gasteiger partial charge on any atom is -0.478 e. The van der Waals surface area contributed by atoms with Gasteiger partial charge in [0.05, 0.1) is 5.56 Å². The van der Waals surface area contributed by atoms with Crippen molar-refractivity contribution in [1.82, 2.24) is 0 Å². The van der Waals surface area contributed by atoms with Crippen molar-refractivity contribution in [3.8, 4) is 0 Å². The molecule has 1 N–H and O–H groups in total. The van der Waals surface area contributed by atoms with Crippen molar-refractivity contribution in [3.63, 3.8) is 0 Å². The smallest absolute Gasteiger partial charge is 0.335 e. The van der Waals surface area contributed by atoms with Crippen LogP contribution in [0.3, 0.4) is 0 Å². The largest absolute Gasteiger partial charge is 0.478 e. The number of rotatable bonds is 3. The Morgan fingerprint density at radius 3 is 2.08 bits per heavy atom. The van der Waals surface area contributed by atoms with E-state index in [2.05, 4.69) is 58.9 Å². The third-order valence-corrected chi connectivity index (χ3v) is 5.50. The van der Waals surface area contributed by atoms with Gasteiger partial charge in [0.25, 0.3) is 0 Å². The Balaban J connectivity index is 2.17. The topological polar surface area (TPSA) is 37.3 Å². The molecular formula is C24H24O2. The van der Waals surface area contributed by atoms with Crippen LogP contribution in [0.5, 0.6) is 0 Å². The molecule has 2 nitrogen and oxygen atoms in total. The molecule has 0 amide bonds. The van der Waals surface area contributed by atoms with Crippen LogP contribution in [0.25, 0.3) is 22.4 Å². The van der Waals surface area contributed by atoms with Gasteiger partial charge in [-0.3, -0.25) is 0 Å². The number of allylic oxidation sites excluding steroid dienone is 1. The van der Waals surface area contributed by atoms with E-state index in [1.807, 2.05) is 12.1 Å². The Morgan fingerprint density at radius 2 is 1.46 bits per heavy atom. The molecule has 0 saturated carbocycles. The van der Waals surface area contributed by atoms with Crippen LogP contribution in [0.4, 0.5) is 0 Å². The fraction of sp³-hybridized carbons (Fsp3) is 0.208. The van der Waals surface area contributed by atoms with E-state index < -0.39 is 5.97 Å². The summed E-state index contributed by atoms with van der Waals surface area (Å²) >= 11 is 0. The molecule has 0 radical (unpaired) electrons. The van der Waals surface area contributed by atoms with Crippen molar-refractivity contribution < 1.29 is 9.90 Å². The fourth-order valence-electron chi connectivity index (χ4n) is 3.60. The third kappa shape index (κ3) is 3.03. The molecule has 0 aliphatic carbocycles. The molecule has 3 aromatic rings. The van der Waals surface area contributed by atoms with E-state index >= 15 is 0 Å². The van der Waals surface area contributed by atoms with Gasteiger partial charge in [0.2, 0.25) is 0 Å². The minimum absolute atomic E-state index is 0.308. The molecule has 0 aromatic heterocycles. The average molecular weight is 344 g/mol. The highest BCUT2D eigenvalue weighted by Crippen LogP contribution is 2.34. The number of benzene rings is 3. The summed E-state index contributed by atoms with van der Waals surface area (Å²) < 4.78 is 0. The van der Waals surface area contributed by atoms with E-state index in [1.54, 1.807) is 12.1 Å². The molecule has 26 heavy (non-hydrogen) atoms. The quantitative estimate of drug-likeness (QED) is 0.563. The van der Waals surface area contributed by atoms with Gasteiger partial charge in [-0.15, -0.1) is 0 Å². The van der Waals surface area contributed by atoms with Gasteiger partial charge in [-0.1, -0.05) is 36.4 Å². The van der Waals surface area contributed by atoms with Crippen molar-refractivity contribution in [3.05, 3.63) is 81.4 Å². The second-order valence-corrected chi connectivity index (χ2v) is 6.98. The molecule has 3 aromatic carbocycles. The van der Waals surface area contributed by atoms with Crippen molar-refractivity contribution >= 4 is 28.4 Å². The zero-order valence-electron chi connectivity index (χ0n) is 16.0. The number of aryl methyl sites for hydroxylation is 2. The van der Waals surface area contributed by atoms with Gasteiger partial charge < -0.3 is 5.11 Å². The SMILES string of the molecule is C/C(=C\c1ccc(C(=O)O)cc1)c1cccc2c(C)c(C)c(C)c(C)c12. The highest BCUT2D eigenvalue weighted by Gasteiger charge is 2.13. The Labute approximate surface area is 154 Å². The zero-order chi connectivity index (χ0) is 19.0. The lowest BCUT2D eigenvalue weighted by Gasteiger charge is -2.17. The summed E-state index contributed by atoms with van der Waals surface area (Å²) in [7, 11) is 0. The monoisotopic (exact) mass is 344 g/mol. The number of carboxylic acid groups (broad SMARTS) is 1. The summed E-state index contributed by atoms with van der Waals surface area (Å²) in [6.45, 7) is 10.9. The molecule has 0 aliphatic heterocycles. The molecule has 0 saturated heterocycles. The van der Waals surface area contributed by atoms with Crippen molar-refractivity contribution in [2.75, 3.05) is 0 Å². The van der Waals surface area contributed by atoms with Gasteiger partial charge in [0, 0.05) is 0 Å². The standard InChI is InChI=1S/C24H24O2/c1-14(13-19-9-11-20(12-10-19)24(25)26)21-7-6-8-22-17(4)15(2)16(3)18(5)23(21)22/h6-13H,1-5H3,(H,25,26)/b14-13+. The minimum atomic E-state index is -0.900. The molecule has 0 spiro atoms. The second kappa shape index (κ2) is 6.80. The lowest BCUT2D eigenvalue weighted by Crippen LogP contribution is -1.97. The molecule has 0 fully saturated rings. The number of hydrogen-bond acceptors (Lipinski definition) is 1. The lowest BCUT2D eigenvalue weighted by molar-refractivity contribution is 0.0697. The van der Waals surface area contributed by atoms with E-state index in [0.717, 1.165) is 5.56 Å². The maximum atomic E-state index is 11.0. The Morgan fingerprint density at radius 1 is 0.846 bits per heavy atom. The predicted octanol–water partition coefficient (Wildman–Crippen LogP) is 6.33. The zero-order valence-corrected chi connectivity index (χ0v) is 16.0. The lowest BCUT2D eigenvalue weighted by atomic mass is 9.87. The molecule has 0 heterocycles. The van der Waals surface area contributed by atoms with Gasteiger partial charge in [-0.2, -0.15) is 0 Å². The third-order valence-electron chi connectivity index (χ3n) is 5.50. The van der Waals surface area contributed by atoms with Crippen LogP contribution >= 0.6 is 0 Å². The van der Waals surface area contributed by atoms with Crippen molar-refractivity contribution in [1.29, 1.82) is 0 Å². The molecule has 2 heteroatoms. The number of hydrogen-bond donors (Lipinski definition) is 1.